The van der Waals surface area contributed by atoms with Gasteiger partial charge in [-0.05, 0) is 56.8 Å². The van der Waals surface area contributed by atoms with Crippen LogP contribution in [0, 0.1) is 0 Å². The molecule has 1 aliphatic rings. The molecule has 1 saturated heterocycles. The number of hydrogen-bond donors (Lipinski definition) is 1. The molecule has 3 rings (SSSR count). The Morgan fingerprint density at radius 1 is 1.18 bits per heavy atom. The van der Waals surface area contributed by atoms with Gasteiger partial charge in [-0.15, -0.1) is 0 Å². The van der Waals surface area contributed by atoms with Gasteiger partial charge >= 0.3 is 0 Å². The van der Waals surface area contributed by atoms with Gasteiger partial charge in [0.1, 0.15) is 17.6 Å². The summed E-state index contributed by atoms with van der Waals surface area (Å²) >= 11 is 0. The number of carbonyl (C=O) groups is 2. The first-order valence-electron chi connectivity index (χ1n) is 11.2. The van der Waals surface area contributed by atoms with Crippen LogP contribution in [0.1, 0.15) is 50.6 Å². The molecule has 0 aliphatic carbocycles. The zero-order chi connectivity index (χ0) is 24.3. The third kappa shape index (κ3) is 5.09. The van der Waals surface area contributed by atoms with E-state index in [-0.39, 0.29) is 16.7 Å². The topological polar surface area (TPSA) is 83.0 Å². The molecular formula is C26H33N3O4. The predicted molar refractivity (Wildman–Crippen MR) is 128 cm³/mol. The molecular weight excluding hydrogens is 418 g/mol. The SMILES string of the molecule is CCOc1ccc(/C(O)=C2/C(=O)C(=O)N(CCN(C)C)C2c2ccccn2)cc1C(C)(C)C. The van der Waals surface area contributed by atoms with Crippen LogP contribution in [-0.2, 0) is 15.0 Å². The minimum absolute atomic E-state index is 0.0569. The van der Waals surface area contributed by atoms with Crippen molar-refractivity contribution in [2.45, 2.75) is 39.2 Å². The zero-order valence-corrected chi connectivity index (χ0v) is 20.3. The van der Waals surface area contributed by atoms with Crippen LogP contribution in [0.4, 0.5) is 0 Å². The van der Waals surface area contributed by atoms with Gasteiger partial charge in [0.25, 0.3) is 11.7 Å². The number of likely N-dealkylation sites (tertiary alicyclic amines) is 1. The number of benzene rings is 1. The molecule has 1 aliphatic heterocycles. The van der Waals surface area contributed by atoms with Gasteiger partial charge in [-0.25, -0.2) is 0 Å². The van der Waals surface area contributed by atoms with Gasteiger partial charge in [0.2, 0.25) is 0 Å². The van der Waals surface area contributed by atoms with Gasteiger partial charge in [-0.1, -0.05) is 26.8 Å². The summed E-state index contributed by atoms with van der Waals surface area (Å²) in [4.78, 5) is 34.0. The number of hydrogen-bond acceptors (Lipinski definition) is 6. The number of ether oxygens (including phenoxy) is 1. The molecule has 1 aromatic carbocycles. The predicted octanol–water partition coefficient (Wildman–Crippen LogP) is 3.76. The summed E-state index contributed by atoms with van der Waals surface area (Å²) in [7, 11) is 3.81. The molecule has 7 nitrogen and oxygen atoms in total. The Hall–Kier alpha value is -3.19. The standard InChI is InChI=1S/C26H33N3O4/c1-7-33-20-12-11-17(16-18(20)26(2,3)4)23(30)21-22(19-10-8-9-13-27-19)29(15-14-28(5)6)25(32)24(21)31/h8-13,16,22,30H,7,14-15H2,1-6H3/b23-21-. The monoisotopic (exact) mass is 451 g/mol. The first kappa shape index (κ1) is 24.5. The van der Waals surface area contributed by atoms with Crippen LogP contribution in [0.15, 0.2) is 48.2 Å². The van der Waals surface area contributed by atoms with E-state index in [2.05, 4.69) is 25.8 Å². The number of rotatable bonds is 7. The van der Waals surface area contributed by atoms with Crippen LogP contribution in [0.5, 0.6) is 5.75 Å². The Balaban J connectivity index is 2.17. The van der Waals surface area contributed by atoms with Crippen molar-refractivity contribution in [3.8, 4) is 5.75 Å². The van der Waals surface area contributed by atoms with Gasteiger partial charge < -0.3 is 19.6 Å². The van der Waals surface area contributed by atoms with Crippen LogP contribution in [-0.4, -0.2) is 65.4 Å². The normalized spacial score (nSPS) is 18.3. The Morgan fingerprint density at radius 2 is 1.91 bits per heavy atom. The molecule has 1 amide bonds. The van der Waals surface area contributed by atoms with Gasteiger partial charge in [0, 0.05) is 30.4 Å². The molecule has 176 valence electrons. The number of aliphatic hydroxyl groups excluding tert-OH is 1. The Morgan fingerprint density at radius 3 is 2.48 bits per heavy atom. The van der Waals surface area contributed by atoms with Crippen LogP contribution >= 0.6 is 0 Å². The zero-order valence-electron chi connectivity index (χ0n) is 20.3. The van der Waals surface area contributed by atoms with E-state index in [1.807, 2.05) is 38.1 Å². The molecule has 2 aromatic rings. The van der Waals surface area contributed by atoms with Crippen molar-refractivity contribution in [1.29, 1.82) is 0 Å². The van der Waals surface area contributed by atoms with Crippen LogP contribution < -0.4 is 4.74 Å². The summed E-state index contributed by atoms with van der Waals surface area (Å²) in [5.74, 6) is -0.802. The van der Waals surface area contributed by atoms with Crippen molar-refractivity contribution in [3.63, 3.8) is 0 Å². The minimum Gasteiger partial charge on any atom is -0.507 e. The van der Waals surface area contributed by atoms with Crippen molar-refractivity contribution in [2.75, 3.05) is 33.8 Å². The number of Topliss-reactive ketones (excluding diaryl/α,β-unsaturated/α-hetero) is 1. The van der Waals surface area contributed by atoms with Gasteiger partial charge in [0.15, 0.2) is 0 Å². The van der Waals surface area contributed by atoms with E-state index in [4.69, 9.17) is 4.74 Å². The highest BCUT2D eigenvalue weighted by Crippen LogP contribution is 2.40. The third-order valence-corrected chi connectivity index (χ3v) is 5.66. The lowest BCUT2D eigenvalue weighted by molar-refractivity contribution is -0.140. The summed E-state index contributed by atoms with van der Waals surface area (Å²) in [6.07, 6.45) is 1.62. The van der Waals surface area contributed by atoms with E-state index < -0.39 is 17.7 Å². The van der Waals surface area contributed by atoms with E-state index in [1.165, 1.54) is 4.90 Å². The van der Waals surface area contributed by atoms with Crippen LogP contribution in [0.2, 0.25) is 0 Å². The van der Waals surface area contributed by atoms with Gasteiger partial charge in [-0.3, -0.25) is 14.6 Å². The first-order valence-corrected chi connectivity index (χ1v) is 11.2. The van der Waals surface area contributed by atoms with Crippen molar-refractivity contribution in [3.05, 3.63) is 65.0 Å². The molecule has 0 radical (unpaired) electrons. The molecule has 1 N–H and O–H groups in total. The lowest BCUT2D eigenvalue weighted by atomic mass is 9.84. The third-order valence-electron chi connectivity index (χ3n) is 5.66. The van der Waals surface area contributed by atoms with Gasteiger partial charge in [0.05, 0.1) is 17.9 Å². The number of aromatic nitrogens is 1. The minimum atomic E-state index is -0.754. The molecule has 0 saturated carbocycles. The highest BCUT2D eigenvalue weighted by molar-refractivity contribution is 6.46. The molecule has 0 spiro atoms. The molecule has 1 aromatic heterocycles. The number of carbonyl (C=O) groups excluding carboxylic acids is 2. The number of nitrogens with zero attached hydrogens (tertiary/aromatic N) is 3. The van der Waals surface area contributed by atoms with E-state index >= 15 is 0 Å². The molecule has 0 bridgehead atoms. The van der Waals surface area contributed by atoms with Crippen molar-refractivity contribution < 1.29 is 19.4 Å². The lowest BCUT2D eigenvalue weighted by Gasteiger charge is -2.26. The summed E-state index contributed by atoms with van der Waals surface area (Å²) in [6.45, 7) is 9.53. The average molecular weight is 452 g/mol. The number of pyridine rings is 1. The van der Waals surface area contributed by atoms with Crippen LogP contribution in [0.25, 0.3) is 5.76 Å². The van der Waals surface area contributed by atoms with Gasteiger partial charge in [-0.2, -0.15) is 0 Å². The fourth-order valence-corrected chi connectivity index (χ4v) is 3.96. The highest BCUT2D eigenvalue weighted by atomic mass is 16.5. The van der Waals surface area contributed by atoms with E-state index in [0.717, 1.165) is 11.3 Å². The lowest BCUT2D eigenvalue weighted by Crippen LogP contribution is -2.35. The summed E-state index contributed by atoms with van der Waals surface area (Å²) in [5.41, 5.74) is 1.72. The van der Waals surface area contributed by atoms with Crippen LogP contribution in [0.3, 0.4) is 0 Å². The molecule has 1 fully saturated rings. The smallest absolute Gasteiger partial charge is 0.295 e. The van der Waals surface area contributed by atoms with E-state index in [1.54, 1.807) is 30.5 Å². The first-order chi connectivity index (χ1) is 15.6. The summed E-state index contributed by atoms with van der Waals surface area (Å²) in [5, 5.41) is 11.3. The number of amides is 1. The maximum Gasteiger partial charge on any atom is 0.295 e. The van der Waals surface area contributed by atoms with Crippen molar-refractivity contribution >= 4 is 17.4 Å². The molecule has 33 heavy (non-hydrogen) atoms. The summed E-state index contributed by atoms with van der Waals surface area (Å²) in [6, 6.07) is 9.96. The second-order valence-electron chi connectivity index (χ2n) is 9.44. The maximum atomic E-state index is 13.1. The Kier molecular flexibility index (Phi) is 7.22. The Labute approximate surface area is 195 Å². The Bertz CT molecular complexity index is 1050. The fraction of sp³-hybridized carbons (Fsp3) is 0.423. The fourth-order valence-electron chi connectivity index (χ4n) is 3.96. The van der Waals surface area contributed by atoms with E-state index in [9.17, 15) is 14.7 Å². The summed E-state index contributed by atoms with van der Waals surface area (Å²) < 4.78 is 5.78. The second kappa shape index (κ2) is 9.75. The molecule has 2 heterocycles. The molecule has 1 unspecified atom stereocenters. The molecule has 1 atom stereocenters. The quantitative estimate of drug-likeness (QED) is 0.392. The largest absolute Gasteiger partial charge is 0.507 e. The number of ketones is 1. The number of likely N-dealkylation sites (N-methyl/N-ethyl adjacent to an activating group) is 1. The van der Waals surface area contributed by atoms with Crippen molar-refractivity contribution in [2.24, 2.45) is 0 Å². The second-order valence-corrected chi connectivity index (χ2v) is 9.44. The average Bonchev–Trinajstić information content (AvgIpc) is 3.02. The van der Waals surface area contributed by atoms with Crippen molar-refractivity contribution in [1.82, 2.24) is 14.8 Å². The molecule has 7 heteroatoms. The highest BCUT2D eigenvalue weighted by Gasteiger charge is 2.46. The van der Waals surface area contributed by atoms with E-state index in [0.29, 0.717) is 31.0 Å². The number of aliphatic hydroxyl groups is 1. The maximum absolute atomic E-state index is 13.1.